The average Bonchev–Trinajstić information content (AvgIpc) is 3.62. The number of nitrogens with zero attached hydrogens (tertiary/aromatic N) is 2. The predicted octanol–water partition coefficient (Wildman–Crippen LogP) is 2.72. The van der Waals surface area contributed by atoms with Crippen LogP contribution >= 0.6 is 0 Å². The Morgan fingerprint density at radius 2 is 1.50 bits per heavy atom. The fourth-order valence-electron chi connectivity index (χ4n) is 4.24. The van der Waals surface area contributed by atoms with Crippen LogP contribution in [0.4, 0.5) is 0 Å². The molecule has 32 heavy (non-hydrogen) atoms. The van der Waals surface area contributed by atoms with Gasteiger partial charge in [0.1, 0.15) is 11.3 Å². The molecule has 0 N–H and O–H groups in total. The number of ether oxygens (including phenoxy) is 2. The Labute approximate surface area is 187 Å². The van der Waals surface area contributed by atoms with E-state index >= 15 is 0 Å². The average molecular weight is 437 g/mol. The molecular formula is C25H28N2O5. The van der Waals surface area contributed by atoms with Crippen LogP contribution in [0.2, 0.25) is 0 Å². The molecule has 2 aliphatic rings. The minimum absolute atomic E-state index is 0.164. The van der Waals surface area contributed by atoms with Crippen molar-refractivity contribution in [1.29, 1.82) is 0 Å². The van der Waals surface area contributed by atoms with Gasteiger partial charge in [0.15, 0.2) is 6.61 Å². The van der Waals surface area contributed by atoms with Crippen molar-refractivity contribution in [3.63, 3.8) is 0 Å². The highest BCUT2D eigenvalue weighted by molar-refractivity contribution is 5.92. The number of carbonyl (C=O) groups excluding carboxylic acids is 3. The highest BCUT2D eigenvalue weighted by Crippen LogP contribution is 2.49. The number of piperazine rings is 1. The third kappa shape index (κ3) is 5.10. The second-order valence-corrected chi connectivity index (χ2v) is 8.26. The second kappa shape index (κ2) is 9.85. The van der Waals surface area contributed by atoms with E-state index in [4.69, 9.17) is 9.47 Å². The predicted molar refractivity (Wildman–Crippen MR) is 118 cm³/mol. The van der Waals surface area contributed by atoms with Crippen molar-refractivity contribution in [3.05, 3.63) is 65.7 Å². The molecule has 2 aromatic rings. The van der Waals surface area contributed by atoms with Crippen molar-refractivity contribution in [1.82, 2.24) is 9.80 Å². The Balaban J connectivity index is 1.21. The smallest absolute Gasteiger partial charge is 0.341 e. The quantitative estimate of drug-likeness (QED) is 0.624. The number of benzene rings is 2. The number of carbonyl (C=O) groups is 3. The van der Waals surface area contributed by atoms with E-state index in [1.165, 1.54) is 12.7 Å². The van der Waals surface area contributed by atoms with E-state index in [9.17, 15) is 14.4 Å². The van der Waals surface area contributed by atoms with E-state index in [2.05, 4.69) is 12.1 Å². The van der Waals surface area contributed by atoms with Crippen LogP contribution in [0, 0.1) is 5.92 Å². The Hall–Kier alpha value is -3.35. The molecule has 7 nitrogen and oxygen atoms in total. The topological polar surface area (TPSA) is 76.2 Å². The summed E-state index contributed by atoms with van der Waals surface area (Å²) in [5, 5.41) is 0. The Morgan fingerprint density at radius 1 is 0.875 bits per heavy atom. The maximum Gasteiger partial charge on any atom is 0.341 e. The normalized spacial score (nSPS) is 19.9. The maximum absolute atomic E-state index is 12.7. The van der Waals surface area contributed by atoms with E-state index in [1.807, 2.05) is 23.1 Å². The van der Waals surface area contributed by atoms with Crippen LogP contribution in [0.15, 0.2) is 54.6 Å². The number of hydrogen-bond donors (Lipinski definition) is 0. The highest BCUT2D eigenvalue weighted by Gasteiger charge is 2.40. The molecule has 0 bridgehead atoms. The largest absolute Gasteiger partial charge is 0.483 e. The van der Waals surface area contributed by atoms with E-state index in [0.29, 0.717) is 50.2 Å². The zero-order valence-electron chi connectivity index (χ0n) is 18.2. The van der Waals surface area contributed by atoms with Crippen molar-refractivity contribution < 1.29 is 23.9 Å². The molecule has 0 spiro atoms. The van der Waals surface area contributed by atoms with Crippen LogP contribution in [0.1, 0.15) is 34.7 Å². The summed E-state index contributed by atoms with van der Waals surface area (Å²) in [6, 6.07) is 17.0. The fourth-order valence-corrected chi connectivity index (χ4v) is 4.24. The number of rotatable bonds is 7. The molecule has 1 aliphatic heterocycles. The molecule has 1 saturated carbocycles. The third-order valence-electron chi connectivity index (χ3n) is 6.22. The molecule has 0 unspecified atom stereocenters. The first-order chi connectivity index (χ1) is 15.6. The third-order valence-corrected chi connectivity index (χ3v) is 6.22. The number of amides is 2. The van der Waals surface area contributed by atoms with Crippen molar-refractivity contribution in [2.45, 2.75) is 18.8 Å². The molecule has 2 amide bonds. The summed E-state index contributed by atoms with van der Waals surface area (Å²) < 4.78 is 10.3. The van der Waals surface area contributed by atoms with E-state index < -0.39 is 5.97 Å². The van der Waals surface area contributed by atoms with Crippen molar-refractivity contribution >= 4 is 17.8 Å². The van der Waals surface area contributed by atoms with Crippen LogP contribution in [0.5, 0.6) is 5.75 Å². The molecule has 2 aromatic carbocycles. The van der Waals surface area contributed by atoms with Gasteiger partial charge in [0, 0.05) is 32.6 Å². The minimum atomic E-state index is -0.509. The lowest BCUT2D eigenvalue weighted by Crippen LogP contribution is -2.51. The first-order valence-electron chi connectivity index (χ1n) is 11.0. The van der Waals surface area contributed by atoms with Gasteiger partial charge in [-0.05, 0) is 36.0 Å². The molecule has 1 aliphatic carbocycles. The first kappa shape index (κ1) is 21.9. The summed E-state index contributed by atoms with van der Waals surface area (Å²) >= 11 is 0. The number of para-hydroxylation sites is 1. The summed E-state index contributed by atoms with van der Waals surface area (Å²) in [7, 11) is 1.30. The van der Waals surface area contributed by atoms with Crippen molar-refractivity contribution in [2.75, 3.05) is 39.9 Å². The lowest BCUT2D eigenvalue weighted by Gasteiger charge is -2.34. The van der Waals surface area contributed by atoms with Crippen molar-refractivity contribution in [3.8, 4) is 5.75 Å². The highest BCUT2D eigenvalue weighted by atomic mass is 16.5. The Kier molecular flexibility index (Phi) is 6.73. The lowest BCUT2D eigenvalue weighted by atomic mass is 10.1. The molecule has 0 radical (unpaired) electrons. The summed E-state index contributed by atoms with van der Waals surface area (Å²) in [4.78, 5) is 40.7. The number of hydrogen-bond acceptors (Lipinski definition) is 5. The zero-order valence-corrected chi connectivity index (χ0v) is 18.2. The molecule has 168 valence electrons. The van der Waals surface area contributed by atoms with Gasteiger partial charge in [-0.2, -0.15) is 0 Å². The van der Waals surface area contributed by atoms with E-state index in [-0.39, 0.29) is 24.0 Å². The van der Waals surface area contributed by atoms with E-state index in [0.717, 1.165) is 6.42 Å². The molecule has 2 atom stereocenters. The van der Waals surface area contributed by atoms with Crippen LogP contribution in [-0.2, 0) is 14.3 Å². The summed E-state index contributed by atoms with van der Waals surface area (Å²) in [5.74, 6) is 0.733. The van der Waals surface area contributed by atoms with Gasteiger partial charge in [0.05, 0.1) is 7.11 Å². The summed E-state index contributed by atoms with van der Waals surface area (Å²) in [6.45, 7) is 1.87. The van der Waals surface area contributed by atoms with Crippen LogP contribution in [0.25, 0.3) is 0 Å². The zero-order chi connectivity index (χ0) is 22.5. The summed E-state index contributed by atoms with van der Waals surface area (Å²) in [5.41, 5.74) is 1.60. The van der Waals surface area contributed by atoms with Gasteiger partial charge in [0.2, 0.25) is 5.91 Å². The maximum atomic E-state index is 12.7. The number of esters is 1. The molecule has 2 fully saturated rings. The van der Waals surface area contributed by atoms with Crippen LogP contribution in [-0.4, -0.2) is 67.5 Å². The lowest BCUT2D eigenvalue weighted by molar-refractivity contribution is -0.140. The van der Waals surface area contributed by atoms with E-state index in [1.54, 1.807) is 29.2 Å². The molecular weight excluding hydrogens is 408 g/mol. The second-order valence-electron chi connectivity index (χ2n) is 8.26. The van der Waals surface area contributed by atoms with Gasteiger partial charge in [-0.25, -0.2) is 4.79 Å². The number of methoxy groups -OCH3 is 1. The van der Waals surface area contributed by atoms with Gasteiger partial charge in [-0.15, -0.1) is 0 Å². The van der Waals surface area contributed by atoms with Gasteiger partial charge in [-0.3, -0.25) is 9.59 Å². The minimum Gasteiger partial charge on any atom is -0.483 e. The first-order valence-corrected chi connectivity index (χ1v) is 11.0. The van der Waals surface area contributed by atoms with Crippen LogP contribution < -0.4 is 4.74 Å². The SMILES string of the molecule is COC(=O)c1ccccc1OCC(=O)N1CCN(C(=O)C[C@@H]2C[C@H]2c2ccccc2)CC1. The Bertz CT molecular complexity index is 969. The van der Waals surface area contributed by atoms with Gasteiger partial charge >= 0.3 is 5.97 Å². The van der Waals surface area contributed by atoms with Gasteiger partial charge in [-0.1, -0.05) is 42.5 Å². The molecule has 4 rings (SSSR count). The molecule has 1 saturated heterocycles. The standard InChI is InChI=1S/C25H28N2O5/c1-31-25(30)20-9-5-6-10-22(20)32-17-24(29)27-13-11-26(12-14-27)23(28)16-19-15-21(19)18-7-3-2-4-8-18/h2-10,19,21H,11-17H2,1H3/t19-,21-/m0/s1. The van der Waals surface area contributed by atoms with Gasteiger partial charge in [0.25, 0.3) is 5.91 Å². The monoisotopic (exact) mass is 436 g/mol. The fraction of sp³-hybridized carbons (Fsp3) is 0.400. The molecule has 0 aromatic heterocycles. The van der Waals surface area contributed by atoms with Gasteiger partial charge < -0.3 is 19.3 Å². The molecule has 1 heterocycles. The molecule has 7 heteroatoms. The summed E-state index contributed by atoms with van der Waals surface area (Å²) in [6.07, 6.45) is 1.64. The van der Waals surface area contributed by atoms with Crippen molar-refractivity contribution in [2.24, 2.45) is 5.92 Å². The van der Waals surface area contributed by atoms with Crippen LogP contribution in [0.3, 0.4) is 0 Å². The Morgan fingerprint density at radius 3 is 2.19 bits per heavy atom.